The lowest BCUT2D eigenvalue weighted by molar-refractivity contribution is 0.0926. The highest BCUT2D eigenvalue weighted by atomic mass is 16.2. The Balaban J connectivity index is 1.22. The van der Waals surface area contributed by atoms with Gasteiger partial charge in [-0.1, -0.05) is 97.1 Å². The van der Waals surface area contributed by atoms with Crippen molar-refractivity contribution < 1.29 is 9.59 Å². The maximum Gasteiger partial charge on any atom is 0.268 e. The molecule has 0 bridgehead atoms. The van der Waals surface area contributed by atoms with Crippen molar-refractivity contribution >= 4 is 39.3 Å². The number of para-hydroxylation sites is 1. The molecule has 0 fully saturated rings. The van der Waals surface area contributed by atoms with E-state index in [2.05, 4.69) is 33.8 Å². The highest BCUT2D eigenvalue weighted by Gasteiger charge is 2.40. The monoisotopic (exact) mass is 642 g/mol. The molecule has 0 unspecified atom stereocenters. The molecule has 9 rings (SSSR count). The van der Waals surface area contributed by atoms with Crippen LogP contribution >= 0.6 is 0 Å². The molecule has 0 saturated heterocycles. The first kappa shape index (κ1) is 29.1. The van der Waals surface area contributed by atoms with Crippen LogP contribution in [-0.4, -0.2) is 21.4 Å². The molecule has 0 aliphatic carbocycles. The number of fused-ring (bicyclic) bond motifs is 4. The van der Waals surface area contributed by atoms with Gasteiger partial charge in [-0.3, -0.25) is 14.6 Å². The third kappa shape index (κ3) is 4.45. The van der Waals surface area contributed by atoms with E-state index >= 15 is 0 Å². The minimum atomic E-state index is -0.373. The topological polar surface area (TPSA) is 79.0 Å². The highest BCUT2D eigenvalue weighted by Crippen LogP contribution is 2.42. The smallest absolute Gasteiger partial charge is 0.268 e. The van der Waals surface area contributed by atoms with Crippen molar-refractivity contribution in [2.24, 2.45) is 0 Å². The SMILES string of the molecule is N#Cc1ccncc1-c1ccc2c(c1)c1ccccc1n2-c1cccc2c1C(=O)N(c1ccc(-c3ccccc3)cc1-c1ccccc1)C2=O. The van der Waals surface area contributed by atoms with Crippen LogP contribution in [0.4, 0.5) is 5.69 Å². The fraction of sp³-hybridized carbons (Fsp3) is 0. The number of carbonyl (C=O) groups is 2. The summed E-state index contributed by atoms with van der Waals surface area (Å²) in [5.41, 5.74) is 9.54. The van der Waals surface area contributed by atoms with E-state index in [0.29, 0.717) is 28.1 Å². The Labute approximate surface area is 287 Å². The van der Waals surface area contributed by atoms with Crippen LogP contribution in [0.2, 0.25) is 0 Å². The fourth-order valence-corrected chi connectivity index (χ4v) is 7.18. The van der Waals surface area contributed by atoms with Gasteiger partial charge in [0.15, 0.2) is 0 Å². The summed E-state index contributed by atoms with van der Waals surface area (Å²) in [6, 6.07) is 49.3. The molecule has 2 aromatic heterocycles. The third-order valence-corrected chi connectivity index (χ3v) is 9.49. The lowest BCUT2D eigenvalue weighted by atomic mass is 9.97. The second kappa shape index (κ2) is 11.6. The molecule has 0 radical (unpaired) electrons. The zero-order chi connectivity index (χ0) is 33.8. The first-order valence-electron chi connectivity index (χ1n) is 16.3. The maximum absolute atomic E-state index is 14.7. The molecule has 6 aromatic carbocycles. The summed E-state index contributed by atoms with van der Waals surface area (Å²) in [5.74, 6) is -0.734. The molecule has 234 valence electrons. The molecule has 0 spiro atoms. The zero-order valence-electron chi connectivity index (χ0n) is 26.6. The van der Waals surface area contributed by atoms with E-state index in [-0.39, 0.29) is 11.8 Å². The van der Waals surface area contributed by atoms with Crippen LogP contribution in [0, 0.1) is 11.3 Å². The van der Waals surface area contributed by atoms with E-state index in [0.717, 1.165) is 55.2 Å². The van der Waals surface area contributed by atoms with Crippen LogP contribution in [0.25, 0.3) is 60.9 Å². The van der Waals surface area contributed by atoms with Gasteiger partial charge in [-0.2, -0.15) is 5.26 Å². The van der Waals surface area contributed by atoms with Gasteiger partial charge in [-0.05, 0) is 70.8 Å². The summed E-state index contributed by atoms with van der Waals surface area (Å²) in [6.07, 6.45) is 3.32. The Morgan fingerprint density at radius 2 is 1.24 bits per heavy atom. The Hall–Kier alpha value is -7.10. The van der Waals surface area contributed by atoms with Gasteiger partial charge >= 0.3 is 0 Å². The fourth-order valence-electron chi connectivity index (χ4n) is 7.18. The van der Waals surface area contributed by atoms with E-state index in [9.17, 15) is 14.9 Å². The number of carbonyl (C=O) groups excluding carboxylic acids is 2. The van der Waals surface area contributed by atoms with E-state index in [1.54, 1.807) is 24.5 Å². The van der Waals surface area contributed by atoms with E-state index < -0.39 is 0 Å². The average molecular weight is 643 g/mol. The Bertz CT molecular complexity index is 2710. The molecular formula is C44H26N4O2. The predicted molar refractivity (Wildman–Crippen MR) is 197 cm³/mol. The lowest BCUT2D eigenvalue weighted by Crippen LogP contribution is -2.30. The number of nitriles is 1. The van der Waals surface area contributed by atoms with Gasteiger partial charge in [0, 0.05) is 34.3 Å². The average Bonchev–Trinajstić information content (AvgIpc) is 3.65. The van der Waals surface area contributed by atoms with Gasteiger partial charge in [-0.15, -0.1) is 0 Å². The number of imide groups is 1. The van der Waals surface area contributed by atoms with Gasteiger partial charge in [0.2, 0.25) is 0 Å². The number of aromatic nitrogens is 2. The molecule has 0 atom stereocenters. The maximum atomic E-state index is 14.7. The summed E-state index contributed by atoms with van der Waals surface area (Å²) in [4.78, 5) is 34.6. The molecule has 1 aliphatic heterocycles. The van der Waals surface area contributed by atoms with Gasteiger partial charge in [0.05, 0.1) is 45.2 Å². The Morgan fingerprint density at radius 1 is 0.520 bits per heavy atom. The number of amides is 2. The van der Waals surface area contributed by atoms with Crippen LogP contribution in [0.3, 0.4) is 0 Å². The molecule has 0 saturated carbocycles. The minimum Gasteiger partial charge on any atom is -0.308 e. The summed E-state index contributed by atoms with van der Waals surface area (Å²) in [5, 5.41) is 11.7. The molecule has 6 heteroatoms. The summed E-state index contributed by atoms with van der Waals surface area (Å²) >= 11 is 0. The van der Waals surface area contributed by atoms with Crippen molar-refractivity contribution in [2.75, 3.05) is 4.90 Å². The van der Waals surface area contributed by atoms with Crippen molar-refractivity contribution in [3.63, 3.8) is 0 Å². The zero-order valence-corrected chi connectivity index (χ0v) is 26.6. The largest absolute Gasteiger partial charge is 0.308 e. The normalized spacial score (nSPS) is 12.4. The van der Waals surface area contributed by atoms with Crippen LogP contribution in [0.1, 0.15) is 26.3 Å². The molecular weight excluding hydrogens is 617 g/mol. The quantitative estimate of drug-likeness (QED) is 0.175. The van der Waals surface area contributed by atoms with E-state index in [1.807, 2.05) is 115 Å². The molecule has 8 aromatic rings. The molecule has 0 N–H and O–H groups in total. The number of nitrogens with zero attached hydrogens (tertiary/aromatic N) is 4. The van der Waals surface area contributed by atoms with Gasteiger partial charge in [0.25, 0.3) is 11.8 Å². The van der Waals surface area contributed by atoms with Crippen LogP contribution in [-0.2, 0) is 0 Å². The van der Waals surface area contributed by atoms with E-state index in [4.69, 9.17) is 0 Å². The first-order chi connectivity index (χ1) is 24.6. The number of anilines is 1. The van der Waals surface area contributed by atoms with Gasteiger partial charge in [-0.25, -0.2) is 4.90 Å². The summed E-state index contributed by atoms with van der Waals surface area (Å²) in [7, 11) is 0. The second-order valence-corrected chi connectivity index (χ2v) is 12.2. The summed E-state index contributed by atoms with van der Waals surface area (Å²) < 4.78 is 2.06. The molecule has 6 nitrogen and oxygen atoms in total. The van der Waals surface area contributed by atoms with Crippen molar-refractivity contribution in [3.05, 3.63) is 175 Å². The molecule has 50 heavy (non-hydrogen) atoms. The molecule has 2 amide bonds. The number of benzene rings is 6. The van der Waals surface area contributed by atoms with E-state index in [1.165, 1.54) is 4.90 Å². The van der Waals surface area contributed by atoms with Crippen molar-refractivity contribution in [3.8, 4) is 45.1 Å². The van der Waals surface area contributed by atoms with Gasteiger partial charge < -0.3 is 4.57 Å². The first-order valence-corrected chi connectivity index (χ1v) is 16.3. The highest BCUT2D eigenvalue weighted by molar-refractivity contribution is 6.36. The standard InChI is InChI=1S/C44H26N4O2/c45-26-32-22-23-46-27-37(32)31-19-21-40-36(25-31)33-14-7-8-16-38(33)47(40)41-17-9-15-34-42(41)44(50)48(43(34)49)39-20-18-30(28-10-3-1-4-11-28)24-35(39)29-12-5-2-6-13-29/h1-25,27H. The van der Waals surface area contributed by atoms with Gasteiger partial charge in [0.1, 0.15) is 0 Å². The van der Waals surface area contributed by atoms with Crippen molar-refractivity contribution in [1.82, 2.24) is 9.55 Å². The number of rotatable bonds is 5. The second-order valence-electron chi connectivity index (χ2n) is 12.2. The number of pyridine rings is 1. The van der Waals surface area contributed by atoms with Crippen LogP contribution < -0.4 is 4.90 Å². The Kier molecular flexibility index (Phi) is 6.72. The predicted octanol–water partition coefficient (Wildman–Crippen LogP) is 9.85. The molecule has 1 aliphatic rings. The minimum absolute atomic E-state index is 0.356. The number of hydrogen-bond acceptors (Lipinski definition) is 4. The van der Waals surface area contributed by atoms with Crippen molar-refractivity contribution in [2.45, 2.75) is 0 Å². The molecule has 3 heterocycles. The number of hydrogen-bond donors (Lipinski definition) is 0. The van der Waals surface area contributed by atoms with Crippen LogP contribution in [0.5, 0.6) is 0 Å². The lowest BCUT2D eigenvalue weighted by Gasteiger charge is -2.20. The van der Waals surface area contributed by atoms with Crippen molar-refractivity contribution in [1.29, 1.82) is 5.26 Å². The Morgan fingerprint density at radius 3 is 2.04 bits per heavy atom. The third-order valence-electron chi connectivity index (χ3n) is 9.49. The summed E-state index contributed by atoms with van der Waals surface area (Å²) in [6.45, 7) is 0. The van der Waals surface area contributed by atoms with Crippen LogP contribution in [0.15, 0.2) is 158 Å².